The van der Waals surface area contributed by atoms with Gasteiger partial charge in [0.1, 0.15) is 0 Å². The lowest BCUT2D eigenvalue weighted by atomic mass is 9.89. The largest absolute Gasteiger partial charge is 0.396 e. The van der Waals surface area contributed by atoms with Gasteiger partial charge in [-0.15, -0.1) is 18.2 Å². The van der Waals surface area contributed by atoms with E-state index in [0.29, 0.717) is 5.92 Å². The molecule has 0 aromatic carbocycles. The van der Waals surface area contributed by atoms with Crippen molar-refractivity contribution in [3.8, 4) is 0 Å². The maximum atomic E-state index is 8.89. The molecule has 0 spiro atoms. The molecule has 0 radical (unpaired) electrons. The summed E-state index contributed by atoms with van der Waals surface area (Å²) in [4.78, 5) is 0. The Hall–Kier alpha value is -0.0100. The average molecular weight is 177 g/mol. The van der Waals surface area contributed by atoms with Gasteiger partial charge in [0.05, 0.1) is 0 Å². The summed E-state index contributed by atoms with van der Waals surface area (Å²) in [5.41, 5.74) is 0. The van der Waals surface area contributed by atoms with Crippen molar-refractivity contribution in [2.75, 3.05) is 6.61 Å². The van der Waals surface area contributed by atoms with Crippen LogP contribution in [0.15, 0.2) is 12.7 Å². The minimum Gasteiger partial charge on any atom is -0.396 e. The Kier molecular flexibility index (Phi) is 5.61. The first-order chi connectivity index (χ1) is 5.13. The molecule has 0 aromatic heterocycles. The molecular weight excluding hydrogens is 160 g/mol. The van der Waals surface area contributed by atoms with Gasteiger partial charge in [-0.1, -0.05) is 13.0 Å². The van der Waals surface area contributed by atoms with Gasteiger partial charge in [0.2, 0.25) is 0 Å². The summed E-state index contributed by atoms with van der Waals surface area (Å²) in [5, 5.41) is 8.99. The average Bonchev–Trinajstić information content (AvgIpc) is 1.98. The molecule has 0 bridgehead atoms. The van der Waals surface area contributed by atoms with Crippen LogP contribution in [0.4, 0.5) is 0 Å². The molecule has 0 saturated carbocycles. The van der Waals surface area contributed by atoms with E-state index in [-0.39, 0.29) is 17.9 Å². The lowest BCUT2D eigenvalue weighted by Crippen LogP contribution is -2.22. The third-order valence-corrected chi connectivity index (χ3v) is 2.37. The number of aliphatic hydroxyl groups is 1. The van der Waals surface area contributed by atoms with Gasteiger partial charge < -0.3 is 5.11 Å². The fourth-order valence-corrected chi connectivity index (χ4v) is 1.55. The molecule has 0 fully saturated rings. The van der Waals surface area contributed by atoms with Crippen molar-refractivity contribution in [1.29, 1.82) is 0 Å². The molecule has 0 aliphatic carbocycles. The van der Waals surface area contributed by atoms with Crippen molar-refractivity contribution in [1.82, 2.24) is 0 Å². The fourth-order valence-electron chi connectivity index (χ4n) is 1.20. The molecule has 0 aliphatic heterocycles. The van der Waals surface area contributed by atoms with Gasteiger partial charge in [-0.25, -0.2) is 0 Å². The molecule has 1 N–H and O–H groups in total. The van der Waals surface area contributed by atoms with Gasteiger partial charge in [-0.3, -0.25) is 0 Å². The Morgan fingerprint density at radius 2 is 2.09 bits per heavy atom. The van der Waals surface area contributed by atoms with Gasteiger partial charge >= 0.3 is 0 Å². The minimum absolute atomic E-state index is 0.107. The van der Waals surface area contributed by atoms with E-state index < -0.39 is 0 Å². The van der Waals surface area contributed by atoms with Crippen LogP contribution < -0.4 is 0 Å². The second-order valence-corrected chi connectivity index (χ2v) is 3.71. The Morgan fingerprint density at radius 3 is 2.36 bits per heavy atom. The summed E-state index contributed by atoms with van der Waals surface area (Å²) in [6, 6.07) is 0. The second-order valence-electron chi connectivity index (χ2n) is 3.03. The molecule has 0 rings (SSSR count). The highest BCUT2D eigenvalue weighted by molar-refractivity contribution is 6.20. The third-order valence-electron chi connectivity index (χ3n) is 2.05. The van der Waals surface area contributed by atoms with Gasteiger partial charge in [0, 0.05) is 12.0 Å². The summed E-state index contributed by atoms with van der Waals surface area (Å²) in [6.07, 6.45) is 2.74. The highest BCUT2D eigenvalue weighted by Gasteiger charge is 2.19. The van der Waals surface area contributed by atoms with Crippen LogP contribution in [-0.4, -0.2) is 17.1 Å². The van der Waals surface area contributed by atoms with Gasteiger partial charge in [-0.2, -0.15) is 0 Å². The van der Waals surface area contributed by atoms with Gasteiger partial charge in [-0.05, 0) is 25.2 Å². The fraction of sp³-hybridized carbons (Fsp3) is 0.778. The number of halogens is 1. The monoisotopic (exact) mass is 176 g/mol. The number of alkyl halides is 1. The van der Waals surface area contributed by atoms with Crippen LogP contribution in [0.2, 0.25) is 0 Å². The summed E-state index contributed by atoms with van der Waals surface area (Å²) in [5.74, 6) is 0.611. The highest BCUT2D eigenvalue weighted by Crippen LogP contribution is 2.23. The van der Waals surface area contributed by atoms with E-state index in [1.165, 1.54) is 0 Å². The van der Waals surface area contributed by atoms with Crippen LogP contribution >= 0.6 is 11.6 Å². The number of allylic oxidation sites excluding steroid dienone is 1. The Balaban J connectivity index is 3.96. The van der Waals surface area contributed by atoms with Crippen molar-refractivity contribution in [2.45, 2.75) is 25.6 Å². The van der Waals surface area contributed by atoms with Crippen LogP contribution in [-0.2, 0) is 0 Å². The van der Waals surface area contributed by atoms with Crippen molar-refractivity contribution < 1.29 is 5.11 Å². The van der Waals surface area contributed by atoms with Gasteiger partial charge in [0.15, 0.2) is 0 Å². The summed E-state index contributed by atoms with van der Waals surface area (Å²) >= 11 is 5.94. The highest BCUT2D eigenvalue weighted by atomic mass is 35.5. The van der Waals surface area contributed by atoms with E-state index >= 15 is 0 Å². The standard InChI is InChI=1S/C9H17ClO/c1-4-5-9(8(3)10)7(2)6-11/h4,7-9,11H,1,5-6H2,2-3H3/t7-,8+,9+/m0/s1. The number of aliphatic hydroxyl groups excluding tert-OH is 1. The molecule has 1 nitrogen and oxygen atoms in total. The predicted molar refractivity (Wildman–Crippen MR) is 49.9 cm³/mol. The number of hydrogen-bond donors (Lipinski definition) is 1. The molecule has 0 unspecified atom stereocenters. The first-order valence-electron chi connectivity index (χ1n) is 3.99. The van der Waals surface area contributed by atoms with E-state index in [1.807, 2.05) is 19.9 Å². The maximum Gasteiger partial charge on any atom is 0.0459 e. The summed E-state index contributed by atoms with van der Waals surface area (Å²) < 4.78 is 0. The lowest BCUT2D eigenvalue weighted by molar-refractivity contribution is 0.187. The Labute approximate surface area is 74.1 Å². The lowest BCUT2D eigenvalue weighted by Gasteiger charge is -2.22. The first kappa shape index (κ1) is 11.0. The topological polar surface area (TPSA) is 20.2 Å². The predicted octanol–water partition coefficient (Wildman–Crippen LogP) is 2.43. The zero-order chi connectivity index (χ0) is 8.85. The van der Waals surface area contributed by atoms with E-state index in [1.54, 1.807) is 0 Å². The molecule has 3 atom stereocenters. The SMILES string of the molecule is C=CC[C@@H]([C@@H](C)Cl)[C@@H](C)CO. The molecule has 0 aromatic rings. The van der Waals surface area contributed by atoms with Crippen LogP contribution in [0.1, 0.15) is 20.3 Å². The quantitative estimate of drug-likeness (QED) is 0.504. The zero-order valence-electron chi connectivity index (χ0n) is 7.26. The van der Waals surface area contributed by atoms with Crippen LogP contribution in [0, 0.1) is 11.8 Å². The van der Waals surface area contributed by atoms with E-state index in [4.69, 9.17) is 16.7 Å². The molecular formula is C9H17ClO. The minimum atomic E-state index is 0.107. The summed E-state index contributed by atoms with van der Waals surface area (Å²) in [6.45, 7) is 7.83. The smallest absolute Gasteiger partial charge is 0.0459 e. The van der Waals surface area contributed by atoms with E-state index in [9.17, 15) is 0 Å². The van der Waals surface area contributed by atoms with Gasteiger partial charge in [0.25, 0.3) is 0 Å². The van der Waals surface area contributed by atoms with Crippen molar-refractivity contribution in [3.63, 3.8) is 0 Å². The first-order valence-corrected chi connectivity index (χ1v) is 4.43. The molecule has 0 aliphatic rings. The van der Waals surface area contributed by atoms with Crippen molar-refractivity contribution in [2.24, 2.45) is 11.8 Å². The van der Waals surface area contributed by atoms with Crippen LogP contribution in [0.3, 0.4) is 0 Å². The van der Waals surface area contributed by atoms with Crippen LogP contribution in [0.5, 0.6) is 0 Å². The van der Waals surface area contributed by atoms with E-state index in [0.717, 1.165) is 6.42 Å². The Morgan fingerprint density at radius 1 is 1.55 bits per heavy atom. The van der Waals surface area contributed by atoms with Crippen molar-refractivity contribution >= 4 is 11.6 Å². The third kappa shape index (κ3) is 3.78. The normalized spacial score (nSPS) is 18.9. The molecule has 0 amide bonds. The Bertz CT molecular complexity index is 112. The number of hydrogen-bond acceptors (Lipinski definition) is 1. The van der Waals surface area contributed by atoms with E-state index in [2.05, 4.69) is 6.58 Å². The second kappa shape index (κ2) is 5.62. The number of rotatable bonds is 5. The van der Waals surface area contributed by atoms with Crippen molar-refractivity contribution in [3.05, 3.63) is 12.7 Å². The molecule has 11 heavy (non-hydrogen) atoms. The molecule has 2 heteroatoms. The molecule has 66 valence electrons. The molecule has 0 heterocycles. The van der Waals surface area contributed by atoms with Crippen LogP contribution in [0.25, 0.3) is 0 Å². The molecule has 0 saturated heterocycles. The zero-order valence-corrected chi connectivity index (χ0v) is 8.01. The summed E-state index contributed by atoms with van der Waals surface area (Å²) in [7, 11) is 0. The maximum absolute atomic E-state index is 8.89.